The number of para-hydroxylation sites is 1. The first-order chi connectivity index (χ1) is 9.56. The van der Waals surface area contributed by atoms with Gasteiger partial charge in [0.15, 0.2) is 0 Å². The number of aryl methyl sites for hydroxylation is 2. The van der Waals surface area contributed by atoms with E-state index in [1.54, 1.807) is 0 Å². The van der Waals surface area contributed by atoms with Crippen LogP contribution in [0.1, 0.15) is 23.9 Å². The zero-order valence-corrected chi connectivity index (χ0v) is 13.8. The van der Waals surface area contributed by atoms with E-state index in [0.717, 1.165) is 23.3 Å². The lowest BCUT2D eigenvalue weighted by molar-refractivity contribution is 0.522. The minimum Gasteiger partial charge on any atom is -0.365 e. The fourth-order valence-corrected chi connectivity index (χ4v) is 3.55. The Hall–Kier alpha value is -1.29. The standard InChI is InChI=1S/C16H20BrN3/c1-11-8-13-6-4-5-7-14(13)20(9-11)10-15-16(17)12(2)18-19(15)3/h4-7,11H,8-10H2,1-3H3. The topological polar surface area (TPSA) is 21.1 Å². The molecule has 0 amide bonds. The monoisotopic (exact) mass is 333 g/mol. The van der Waals surface area contributed by atoms with Gasteiger partial charge >= 0.3 is 0 Å². The predicted octanol–water partition coefficient (Wildman–Crippen LogP) is 3.69. The van der Waals surface area contributed by atoms with Crippen LogP contribution in [0.4, 0.5) is 5.69 Å². The molecule has 1 aromatic heterocycles. The third-order valence-corrected chi connectivity index (χ3v) is 5.07. The van der Waals surface area contributed by atoms with E-state index in [-0.39, 0.29) is 0 Å². The summed E-state index contributed by atoms with van der Waals surface area (Å²) in [6, 6.07) is 8.75. The molecule has 1 aliphatic heterocycles. The van der Waals surface area contributed by atoms with Gasteiger partial charge in [0.2, 0.25) is 0 Å². The van der Waals surface area contributed by atoms with Crippen molar-refractivity contribution in [3.05, 3.63) is 45.7 Å². The number of benzene rings is 1. The van der Waals surface area contributed by atoms with Crippen molar-refractivity contribution in [3.63, 3.8) is 0 Å². The van der Waals surface area contributed by atoms with E-state index >= 15 is 0 Å². The Balaban J connectivity index is 1.95. The van der Waals surface area contributed by atoms with Gasteiger partial charge in [0.1, 0.15) is 0 Å². The van der Waals surface area contributed by atoms with Gasteiger partial charge < -0.3 is 4.90 Å². The normalized spacial score (nSPS) is 18.2. The van der Waals surface area contributed by atoms with Gasteiger partial charge in [-0.2, -0.15) is 5.10 Å². The van der Waals surface area contributed by atoms with Crippen molar-refractivity contribution in [3.8, 4) is 0 Å². The highest BCUT2D eigenvalue weighted by atomic mass is 79.9. The summed E-state index contributed by atoms with van der Waals surface area (Å²) in [5.41, 5.74) is 5.13. The molecule has 2 heterocycles. The third kappa shape index (κ3) is 2.37. The molecule has 0 spiro atoms. The summed E-state index contributed by atoms with van der Waals surface area (Å²) in [7, 11) is 2.02. The van der Waals surface area contributed by atoms with Gasteiger partial charge in [0.05, 0.1) is 22.4 Å². The van der Waals surface area contributed by atoms with Crippen LogP contribution in [0.25, 0.3) is 0 Å². The Bertz CT molecular complexity index is 633. The van der Waals surface area contributed by atoms with Gasteiger partial charge in [0, 0.05) is 19.3 Å². The Labute approximate surface area is 128 Å². The van der Waals surface area contributed by atoms with E-state index in [4.69, 9.17) is 0 Å². The molecule has 0 fully saturated rings. The SMILES string of the molecule is Cc1nn(C)c(CN2CC(C)Cc3ccccc32)c1Br. The Morgan fingerprint density at radius 2 is 2.10 bits per heavy atom. The first kappa shape index (κ1) is 13.7. The number of fused-ring (bicyclic) bond motifs is 1. The highest BCUT2D eigenvalue weighted by Gasteiger charge is 2.23. The van der Waals surface area contributed by atoms with Crippen molar-refractivity contribution in [2.24, 2.45) is 13.0 Å². The molecule has 0 radical (unpaired) electrons. The molecule has 0 N–H and O–H groups in total. The van der Waals surface area contributed by atoms with Crippen LogP contribution in [0.3, 0.4) is 0 Å². The summed E-state index contributed by atoms with van der Waals surface area (Å²) in [6.07, 6.45) is 1.18. The van der Waals surface area contributed by atoms with Crippen LogP contribution in [0.5, 0.6) is 0 Å². The molecule has 3 rings (SSSR count). The molecule has 1 aliphatic rings. The third-order valence-electron chi connectivity index (χ3n) is 4.04. The van der Waals surface area contributed by atoms with Gasteiger partial charge in [0.25, 0.3) is 0 Å². The summed E-state index contributed by atoms with van der Waals surface area (Å²) in [5, 5.41) is 4.49. The molecule has 1 atom stereocenters. The summed E-state index contributed by atoms with van der Waals surface area (Å²) < 4.78 is 3.12. The van der Waals surface area contributed by atoms with Crippen molar-refractivity contribution in [1.82, 2.24) is 9.78 Å². The highest BCUT2D eigenvalue weighted by molar-refractivity contribution is 9.10. The summed E-state index contributed by atoms with van der Waals surface area (Å²) in [4.78, 5) is 2.48. The van der Waals surface area contributed by atoms with Gasteiger partial charge in [-0.3, -0.25) is 4.68 Å². The van der Waals surface area contributed by atoms with Gasteiger partial charge in [-0.1, -0.05) is 25.1 Å². The van der Waals surface area contributed by atoms with E-state index in [2.05, 4.69) is 57.1 Å². The molecular formula is C16H20BrN3. The number of rotatable bonds is 2. The first-order valence-electron chi connectivity index (χ1n) is 7.07. The van der Waals surface area contributed by atoms with Crippen LogP contribution in [0, 0.1) is 12.8 Å². The maximum Gasteiger partial charge on any atom is 0.0739 e. The van der Waals surface area contributed by atoms with Crippen LogP contribution >= 0.6 is 15.9 Å². The molecule has 0 saturated heterocycles. The number of nitrogens with zero attached hydrogens (tertiary/aromatic N) is 3. The molecule has 1 unspecified atom stereocenters. The smallest absolute Gasteiger partial charge is 0.0739 e. The van der Waals surface area contributed by atoms with Crippen molar-refractivity contribution in [2.45, 2.75) is 26.8 Å². The second-order valence-electron chi connectivity index (χ2n) is 5.79. The van der Waals surface area contributed by atoms with E-state index < -0.39 is 0 Å². The lowest BCUT2D eigenvalue weighted by Gasteiger charge is -2.34. The fraction of sp³-hybridized carbons (Fsp3) is 0.438. The Morgan fingerprint density at radius 3 is 2.80 bits per heavy atom. The Morgan fingerprint density at radius 1 is 1.35 bits per heavy atom. The second kappa shape index (κ2) is 5.24. The molecule has 3 nitrogen and oxygen atoms in total. The number of hydrogen-bond acceptors (Lipinski definition) is 2. The minimum atomic E-state index is 0.693. The molecule has 1 aromatic carbocycles. The maximum absolute atomic E-state index is 4.49. The molecule has 2 aromatic rings. The lowest BCUT2D eigenvalue weighted by Crippen LogP contribution is -2.34. The summed E-state index contributed by atoms with van der Waals surface area (Å²) in [6.45, 7) is 6.37. The molecule has 0 bridgehead atoms. The van der Waals surface area contributed by atoms with Gasteiger partial charge in [-0.25, -0.2) is 0 Å². The first-order valence-corrected chi connectivity index (χ1v) is 7.86. The zero-order chi connectivity index (χ0) is 14.3. The van der Waals surface area contributed by atoms with Crippen LogP contribution in [-0.4, -0.2) is 16.3 Å². The van der Waals surface area contributed by atoms with E-state index in [1.165, 1.54) is 23.4 Å². The molecular weight excluding hydrogens is 314 g/mol. The van der Waals surface area contributed by atoms with Gasteiger partial charge in [-0.15, -0.1) is 0 Å². The van der Waals surface area contributed by atoms with Crippen molar-refractivity contribution >= 4 is 21.6 Å². The quantitative estimate of drug-likeness (QED) is 0.835. The van der Waals surface area contributed by atoms with E-state index in [0.29, 0.717) is 5.92 Å². The van der Waals surface area contributed by atoms with Crippen molar-refractivity contribution in [2.75, 3.05) is 11.4 Å². The number of anilines is 1. The van der Waals surface area contributed by atoms with Crippen LogP contribution < -0.4 is 4.90 Å². The summed E-state index contributed by atoms with van der Waals surface area (Å²) in [5.74, 6) is 0.693. The summed E-state index contributed by atoms with van der Waals surface area (Å²) >= 11 is 3.67. The largest absolute Gasteiger partial charge is 0.365 e. The average molecular weight is 334 g/mol. The second-order valence-corrected chi connectivity index (χ2v) is 6.58. The van der Waals surface area contributed by atoms with Crippen LogP contribution in [0.2, 0.25) is 0 Å². The van der Waals surface area contributed by atoms with Crippen LogP contribution in [-0.2, 0) is 20.0 Å². The lowest BCUT2D eigenvalue weighted by atomic mass is 9.94. The van der Waals surface area contributed by atoms with E-state index in [1.807, 2.05) is 18.7 Å². The number of halogens is 1. The molecule has 106 valence electrons. The predicted molar refractivity (Wildman–Crippen MR) is 86.0 cm³/mol. The number of aromatic nitrogens is 2. The van der Waals surface area contributed by atoms with Crippen molar-refractivity contribution < 1.29 is 0 Å². The van der Waals surface area contributed by atoms with Crippen molar-refractivity contribution in [1.29, 1.82) is 0 Å². The number of hydrogen-bond donors (Lipinski definition) is 0. The van der Waals surface area contributed by atoms with E-state index in [9.17, 15) is 0 Å². The van der Waals surface area contributed by atoms with Crippen LogP contribution in [0.15, 0.2) is 28.7 Å². The Kier molecular flexibility index (Phi) is 3.59. The average Bonchev–Trinajstić information content (AvgIpc) is 2.65. The fourth-order valence-electron chi connectivity index (χ4n) is 3.09. The van der Waals surface area contributed by atoms with Gasteiger partial charge in [-0.05, 0) is 46.8 Å². The highest BCUT2D eigenvalue weighted by Crippen LogP contribution is 2.32. The molecule has 4 heteroatoms. The molecule has 0 saturated carbocycles. The maximum atomic E-state index is 4.49. The molecule has 0 aliphatic carbocycles. The molecule has 20 heavy (non-hydrogen) atoms. The zero-order valence-electron chi connectivity index (χ0n) is 12.2. The minimum absolute atomic E-state index is 0.693.